The Morgan fingerprint density at radius 1 is 1.05 bits per heavy atom. The van der Waals surface area contributed by atoms with E-state index in [1.807, 2.05) is 13.1 Å². The molecule has 0 aliphatic rings. The predicted octanol–water partition coefficient (Wildman–Crippen LogP) is 1.99. The van der Waals surface area contributed by atoms with E-state index in [1.165, 1.54) is 0 Å². The molecule has 0 atom stereocenters. The number of nitrogens with zero attached hydrogens (tertiary/aromatic N) is 5. The second kappa shape index (κ2) is 7.56. The van der Waals surface area contributed by atoms with Crippen molar-refractivity contribution >= 4 is 11.6 Å². The lowest BCUT2D eigenvalue weighted by Gasteiger charge is -2.10. The zero-order valence-corrected chi connectivity index (χ0v) is 12.9. The summed E-state index contributed by atoms with van der Waals surface area (Å²) in [5, 5.41) is 10.8. The first-order valence-electron chi connectivity index (χ1n) is 7.41. The van der Waals surface area contributed by atoms with Crippen LogP contribution >= 0.6 is 0 Å². The average molecular weight is 289 g/mol. The Hall–Kier alpha value is -2.18. The molecular weight excluding hydrogens is 266 g/mol. The summed E-state index contributed by atoms with van der Waals surface area (Å²) >= 11 is 0. The number of nitrogens with one attached hydrogen (secondary N) is 2. The SMILES string of the molecule is CCCNc1cc(NCc2ncn(C)n2)nc(CCC)n1. The van der Waals surface area contributed by atoms with E-state index in [-0.39, 0.29) is 0 Å². The van der Waals surface area contributed by atoms with Crippen molar-refractivity contribution in [3.05, 3.63) is 24.0 Å². The minimum atomic E-state index is 0.552. The maximum absolute atomic E-state index is 4.53. The molecule has 0 aliphatic heterocycles. The number of hydrogen-bond acceptors (Lipinski definition) is 6. The molecule has 0 radical (unpaired) electrons. The molecule has 0 aromatic carbocycles. The van der Waals surface area contributed by atoms with Gasteiger partial charge in [-0.25, -0.2) is 15.0 Å². The fourth-order valence-corrected chi connectivity index (χ4v) is 1.90. The third-order valence-electron chi connectivity index (χ3n) is 2.88. The van der Waals surface area contributed by atoms with Crippen LogP contribution in [0.15, 0.2) is 12.4 Å². The highest BCUT2D eigenvalue weighted by Crippen LogP contribution is 2.13. The molecule has 2 heterocycles. The summed E-state index contributed by atoms with van der Waals surface area (Å²) in [7, 11) is 1.85. The van der Waals surface area contributed by atoms with Gasteiger partial charge in [0, 0.05) is 26.1 Å². The molecule has 0 unspecified atom stereocenters. The van der Waals surface area contributed by atoms with Crippen LogP contribution in [-0.4, -0.2) is 31.3 Å². The summed E-state index contributed by atoms with van der Waals surface area (Å²) in [6.45, 7) is 5.72. The molecule has 0 spiro atoms. The number of rotatable bonds is 8. The van der Waals surface area contributed by atoms with E-state index in [0.717, 1.165) is 49.1 Å². The van der Waals surface area contributed by atoms with Crippen LogP contribution in [-0.2, 0) is 20.0 Å². The number of anilines is 2. The molecule has 21 heavy (non-hydrogen) atoms. The zero-order valence-electron chi connectivity index (χ0n) is 12.9. The summed E-state index contributed by atoms with van der Waals surface area (Å²) in [5.74, 6) is 3.28. The molecule has 2 N–H and O–H groups in total. The molecule has 0 fully saturated rings. The molecule has 0 bridgehead atoms. The van der Waals surface area contributed by atoms with Gasteiger partial charge in [-0.05, 0) is 12.8 Å². The number of aromatic nitrogens is 5. The van der Waals surface area contributed by atoms with Gasteiger partial charge in [0.2, 0.25) is 0 Å². The molecule has 0 saturated carbocycles. The van der Waals surface area contributed by atoms with Gasteiger partial charge in [0.1, 0.15) is 23.8 Å². The van der Waals surface area contributed by atoms with Crippen LogP contribution in [0.5, 0.6) is 0 Å². The number of hydrogen-bond donors (Lipinski definition) is 2. The van der Waals surface area contributed by atoms with Crippen molar-refractivity contribution in [1.29, 1.82) is 0 Å². The third-order valence-corrected chi connectivity index (χ3v) is 2.88. The van der Waals surface area contributed by atoms with Crippen molar-refractivity contribution in [2.45, 2.75) is 39.7 Å². The lowest BCUT2D eigenvalue weighted by Crippen LogP contribution is -2.09. The van der Waals surface area contributed by atoms with Crippen molar-refractivity contribution in [2.75, 3.05) is 17.2 Å². The Morgan fingerprint density at radius 3 is 2.43 bits per heavy atom. The van der Waals surface area contributed by atoms with E-state index in [1.54, 1.807) is 11.0 Å². The normalized spacial score (nSPS) is 10.6. The minimum absolute atomic E-state index is 0.552. The van der Waals surface area contributed by atoms with Gasteiger partial charge in [-0.1, -0.05) is 13.8 Å². The molecule has 7 heteroatoms. The Bertz CT molecular complexity index is 564. The number of aryl methyl sites for hydroxylation is 2. The molecule has 114 valence electrons. The molecule has 7 nitrogen and oxygen atoms in total. The average Bonchev–Trinajstić information content (AvgIpc) is 2.89. The van der Waals surface area contributed by atoms with E-state index in [2.05, 4.69) is 44.5 Å². The van der Waals surface area contributed by atoms with E-state index in [0.29, 0.717) is 6.54 Å². The first-order chi connectivity index (χ1) is 10.2. The van der Waals surface area contributed by atoms with Gasteiger partial charge in [-0.3, -0.25) is 4.68 Å². The Labute approximate surface area is 125 Å². The molecular formula is C14H23N7. The van der Waals surface area contributed by atoms with Crippen LogP contribution in [0, 0.1) is 0 Å². The molecule has 2 aromatic heterocycles. The van der Waals surface area contributed by atoms with E-state index < -0.39 is 0 Å². The second-order valence-corrected chi connectivity index (χ2v) is 4.92. The summed E-state index contributed by atoms with van der Waals surface area (Å²) in [6.07, 6.45) is 4.65. The smallest absolute Gasteiger partial charge is 0.169 e. The fourth-order valence-electron chi connectivity index (χ4n) is 1.90. The van der Waals surface area contributed by atoms with Gasteiger partial charge in [0.25, 0.3) is 0 Å². The van der Waals surface area contributed by atoms with Crippen molar-refractivity contribution in [3.63, 3.8) is 0 Å². The van der Waals surface area contributed by atoms with Crippen LogP contribution in [0.4, 0.5) is 11.6 Å². The maximum Gasteiger partial charge on any atom is 0.169 e. The van der Waals surface area contributed by atoms with Crippen molar-refractivity contribution in [2.24, 2.45) is 7.05 Å². The van der Waals surface area contributed by atoms with Crippen LogP contribution in [0.3, 0.4) is 0 Å². The van der Waals surface area contributed by atoms with E-state index >= 15 is 0 Å². The topological polar surface area (TPSA) is 80.5 Å². The highest BCUT2D eigenvalue weighted by molar-refractivity contribution is 5.47. The minimum Gasteiger partial charge on any atom is -0.370 e. The summed E-state index contributed by atoms with van der Waals surface area (Å²) in [5.41, 5.74) is 0. The highest BCUT2D eigenvalue weighted by atomic mass is 15.3. The predicted molar refractivity (Wildman–Crippen MR) is 83.1 cm³/mol. The summed E-state index contributed by atoms with van der Waals surface area (Å²) in [4.78, 5) is 13.2. The van der Waals surface area contributed by atoms with Crippen LogP contribution in [0.2, 0.25) is 0 Å². The van der Waals surface area contributed by atoms with Crippen molar-refractivity contribution in [1.82, 2.24) is 24.7 Å². The first kappa shape index (κ1) is 15.2. The van der Waals surface area contributed by atoms with Gasteiger partial charge in [-0.2, -0.15) is 5.10 Å². The second-order valence-electron chi connectivity index (χ2n) is 4.92. The van der Waals surface area contributed by atoms with E-state index in [4.69, 9.17) is 0 Å². The zero-order chi connectivity index (χ0) is 15.1. The summed E-state index contributed by atoms with van der Waals surface area (Å²) in [6, 6.07) is 1.93. The molecule has 0 aliphatic carbocycles. The first-order valence-corrected chi connectivity index (χ1v) is 7.41. The lowest BCUT2D eigenvalue weighted by molar-refractivity contribution is 0.746. The van der Waals surface area contributed by atoms with Gasteiger partial charge in [-0.15, -0.1) is 0 Å². The van der Waals surface area contributed by atoms with E-state index in [9.17, 15) is 0 Å². The van der Waals surface area contributed by atoms with Crippen molar-refractivity contribution < 1.29 is 0 Å². The quantitative estimate of drug-likeness (QED) is 0.773. The van der Waals surface area contributed by atoms with Crippen LogP contribution in [0.1, 0.15) is 38.3 Å². The van der Waals surface area contributed by atoms with Gasteiger partial charge in [0.05, 0.1) is 6.54 Å². The van der Waals surface area contributed by atoms with Gasteiger partial charge >= 0.3 is 0 Å². The van der Waals surface area contributed by atoms with Crippen LogP contribution < -0.4 is 10.6 Å². The standard InChI is InChI=1S/C14H23N7/c1-4-6-11-18-12(15-7-5-2)8-13(19-11)16-9-14-17-10-21(3)20-14/h8,10H,4-7,9H2,1-3H3,(H2,15,16,18,19). The molecule has 0 saturated heterocycles. The monoisotopic (exact) mass is 289 g/mol. The largest absolute Gasteiger partial charge is 0.370 e. The summed E-state index contributed by atoms with van der Waals surface area (Å²) < 4.78 is 1.69. The Kier molecular flexibility index (Phi) is 5.48. The Morgan fingerprint density at radius 2 is 1.81 bits per heavy atom. The van der Waals surface area contributed by atoms with Gasteiger partial charge in [0.15, 0.2) is 5.82 Å². The molecule has 2 rings (SSSR count). The highest BCUT2D eigenvalue weighted by Gasteiger charge is 2.05. The van der Waals surface area contributed by atoms with Crippen molar-refractivity contribution in [3.8, 4) is 0 Å². The third kappa shape index (κ3) is 4.70. The lowest BCUT2D eigenvalue weighted by atomic mass is 10.3. The maximum atomic E-state index is 4.53. The Balaban J connectivity index is 2.07. The van der Waals surface area contributed by atoms with Crippen LogP contribution in [0.25, 0.3) is 0 Å². The molecule has 2 aromatic rings. The molecule has 0 amide bonds. The fraction of sp³-hybridized carbons (Fsp3) is 0.571. The van der Waals surface area contributed by atoms with Gasteiger partial charge < -0.3 is 10.6 Å².